The van der Waals surface area contributed by atoms with Crippen LogP contribution in [0.2, 0.25) is 5.02 Å². The number of hydrogen-bond acceptors (Lipinski definition) is 6. The van der Waals surface area contributed by atoms with Gasteiger partial charge in [0.2, 0.25) is 0 Å². The SMILES string of the molecule is NC(C(=O)N1CC[C@H](O)[C@@H](F)C1)=C1CCCCC1=NCC(=O)CCC1CCCC(Oc2cccc(Cl)c2)CC1. The summed E-state index contributed by atoms with van der Waals surface area (Å²) in [7, 11) is 0. The molecular weight excluding hydrogens is 521 g/mol. The van der Waals surface area contributed by atoms with E-state index < -0.39 is 18.2 Å². The number of rotatable bonds is 8. The number of allylic oxidation sites excluding steroid dienone is 1. The van der Waals surface area contributed by atoms with E-state index >= 15 is 0 Å². The van der Waals surface area contributed by atoms with Gasteiger partial charge in [-0.15, -0.1) is 0 Å². The third-order valence-corrected chi connectivity index (χ3v) is 8.44. The standard InChI is InChI=1S/C30H41ClFN3O4/c31-21-6-4-8-24(17-21)39-23-7-3-5-20(12-14-23)11-13-22(36)18-34-27-10-2-1-9-25(27)29(33)30(38)35-16-15-28(37)26(32)19-35/h4,6,8,17,20,23,26,28,37H,1-3,5,7,9-16,18-19,33H2/t20?,23?,26-,28-/m0/s1. The number of Topliss-reactive ketones (excluding diaryl/α,β-unsaturated/α-hetero) is 1. The smallest absolute Gasteiger partial charge is 0.270 e. The van der Waals surface area contributed by atoms with E-state index in [-0.39, 0.29) is 43.6 Å². The van der Waals surface area contributed by atoms with Crippen LogP contribution in [0.5, 0.6) is 5.75 Å². The minimum atomic E-state index is -1.47. The molecule has 0 aromatic heterocycles. The van der Waals surface area contributed by atoms with Crippen molar-refractivity contribution < 1.29 is 23.8 Å². The van der Waals surface area contributed by atoms with Gasteiger partial charge in [-0.1, -0.05) is 24.1 Å². The zero-order valence-electron chi connectivity index (χ0n) is 22.6. The van der Waals surface area contributed by atoms with Crippen LogP contribution < -0.4 is 10.5 Å². The lowest BCUT2D eigenvalue weighted by atomic mass is 9.90. The summed E-state index contributed by atoms with van der Waals surface area (Å²) in [6.07, 6.45) is 7.50. The van der Waals surface area contributed by atoms with Crippen molar-refractivity contribution in [3.05, 3.63) is 40.6 Å². The molecule has 4 atom stereocenters. The van der Waals surface area contributed by atoms with Crippen LogP contribution in [0.1, 0.15) is 77.0 Å². The van der Waals surface area contributed by atoms with Crippen LogP contribution in [-0.2, 0) is 9.59 Å². The highest BCUT2D eigenvalue weighted by molar-refractivity contribution is 6.30. The number of nitrogens with zero attached hydrogens (tertiary/aromatic N) is 2. The second kappa shape index (κ2) is 14.3. The van der Waals surface area contributed by atoms with Crippen LogP contribution in [-0.4, -0.2) is 65.4 Å². The first-order valence-corrected chi connectivity index (χ1v) is 14.8. The van der Waals surface area contributed by atoms with Gasteiger partial charge < -0.3 is 20.5 Å². The molecule has 7 nitrogen and oxygen atoms in total. The number of halogens is 2. The molecule has 0 spiro atoms. The lowest BCUT2D eigenvalue weighted by molar-refractivity contribution is -0.131. The summed E-state index contributed by atoms with van der Waals surface area (Å²) < 4.78 is 20.1. The number of piperidine rings is 1. The number of hydrogen-bond donors (Lipinski definition) is 2. The van der Waals surface area contributed by atoms with E-state index in [0.717, 1.165) is 62.8 Å². The van der Waals surface area contributed by atoms with Gasteiger partial charge in [0.15, 0.2) is 5.78 Å². The number of amides is 1. The number of aliphatic hydroxyl groups is 1. The fraction of sp³-hybridized carbons (Fsp3) is 0.633. The minimum Gasteiger partial charge on any atom is -0.490 e. The molecule has 2 aliphatic carbocycles. The molecule has 9 heteroatoms. The monoisotopic (exact) mass is 561 g/mol. The number of benzene rings is 1. The number of aliphatic imine (C=N–C) groups is 1. The largest absolute Gasteiger partial charge is 0.490 e. The summed E-state index contributed by atoms with van der Waals surface area (Å²) >= 11 is 6.08. The Kier molecular flexibility index (Phi) is 10.8. The minimum absolute atomic E-state index is 0.0932. The predicted octanol–water partition coefficient (Wildman–Crippen LogP) is 5.18. The summed E-state index contributed by atoms with van der Waals surface area (Å²) in [6.45, 7) is 0.206. The van der Waals surface area contributed by atoms with E-state index in [4.69, 9.17) is 22.1 Å². The third-order valence-electron chi connectivity index (χ3n) is 8.20. The molecule has 1 amide bonds. The molecule has 3 N–H and O–H groups in total. The highest BCUT2D eigenvalue weighted by atomic mass is 35.5. The van der Waals surface area contributed by atoms with Gasteiger partial charge in [0.25, 0.3) is 5.91 Å². The molecule has 1 saturated heterocycles. The van der Waals surface area contributed by atoms with Crippen molar-refractivity contribution >= 4 is 29.0 Å². The van der Waals surface area contributed by atoms with Gasteiger partial charge in [0.1, 0.15) is 17.6 Å². The second-order valence-corrected chi connectivity index (χ2v) is 11.6. The maximum absolute atomic E-state index is 14.0. The van der Waals surface area contributed by atoms with Crippen LogP contribution in [0, 0.1) is 5.92 Å². The summed E-state index contributed by atoms with van der Waals surface area (Å²) in [5.41, 5.74) is 7.77. The molecular formula is C30H41ClFN3O4. The zero-order valence-corrected chi connectivity index (χ0v) is 23.4. The topological polar surface area (TPSA) is 105 Å². The molecule has 2 unspecified atom stereocenters. The number of alkyl halides is 1. The van der Waals surface area contributed by atoms with Crippen molar-refractivity contribution in [2.75, 3.05) is 19.6 Å². The summed E-state index contributed by atoms with van der Waals surface area (Å²) in [5.74, 6) is 0.987. The summed E-state index contributed by atoms with van der Waals surface area (Å²) in [4.78, 5) is 31.7. The van der Waals surface area contributed by atoms with E-state index in [0.29, 0.717) is 35.8 Å². The Bertz CT molecular complexity index is 1080. The van der Waals surface area contributed by atoms with Gasteiger partial charge in [-0.05, 0) is 88.3 Å². The van der Waals surface area contributed by atoms with E-state index in [9.17, 15) is 19.1 Å². The van der Waals surface area contributed by atoms with Crippen molar-refractivity contribution in [1.82, 2.24) is 4.90 Å². The lowest BCUT2D eigenvalue weighted by Crippen LogP contribution is -2.48. The van der Waals surface area contributed by atoms with Crippen LogP contribution in [0.25, 0.3) is 0 Å². The van der Waals surface area contributed by atoms with Crippen LogP contribution >= 0.6 is 11.6 Å². The van der Waals surface area contributed by atoms with Crippen LogP contribution in [0.4, 0.5) is 4.39 Å². The van der Waals surface area contributed by atoms with Gasteiger partial charge in [0, 0.05) is 29.3 Å². The number of aliphatic hydroxyl groups excluding tert-OH is 1. The Hall–Kier alpha value is -2.45. The molecule has 1 aromatic rings. The molecule has 1 aromatic carbocycles. The second-order valence-electron chi connectivity index (χ2n) is 11.1. The molecule has 0 radical (unpaired) electrons. The van der Waals surface area contributed by atoms with Gasteiger partial charge >= 0.3 is 0 Å². The normalized spacial score (nSPS) is 28.6. The average molecular weight is 562 g/mol. The van der Waals surface area contributed by atoms with Crippen LogP contribution in [0.15, 0.2) is 40.5 Å². The predicted molar refractivity (Wildman–Crippen MR) is 151 cm³/mol. The Balaban J connectivity index is 1.26. The Morgan fingerprint density at radius 3 is 2.74 bits per heavy atom. The fourth-order valence-corrected chi connectivity index (χ4v) is 6.02. The first-order valence-electron chi connectivity index (χ1n) is 14.4. The number of ketones is 1. The van der Waals surface area contributed by atoms with Gasteiger partial charge in [-0.2, -0.15) is 0 Å². The molecule has 3 fully saturated rings. The number of likely N-dealkylation sites (tertiary alicyclic amines) is 1. The molecule has 0 bridgehead atoms. The highest BCUT2D eigenvalue weighted by Gasteiger charge is 2.32. The first-order chi connectivity index (χ1) is 18.8. The van der Waals surface area contributed by atoms with E-state index in [2.05, 4.69) is 4.99 Å². The zero-order chi connectivity index (χ0) is 27.8. The first kappa shape index (κ1) is 29.5. The molecule has 4 rings (SSSR count). The molecule has 39 heavy (non-hydrogen) atoms. The van der Waals surface area contributed by atoms with Crippen molar-refractivity contribution in [2.45, 2.75) is 95.4 Å². The quantitative estimate of drug-likeness (QED) is 0.336. The molecule has 1 heterocycles. The average Bonchev–Trinajstić information content (AvgIpc) is 3.16. The molecule has 2 saturated carbocycles. The number of ether oxygens (including phenoxy) is 1. The number of carbonyl (C=O) groups is 2. The molecule has 1 aliphatic heterocycles. The van der Waals surface area contributed by atoms with Crippen molar-refractivity contribution in [3.8, 4) is 5.75 Å². The van der Waals surface area contributed by atoms with Crippen LogP contribution in [0.3, 0.4) is 0 Å². The fourth-order valence-electron chi connectivity index (χ4n) is 5.84. The van der Waals surface area contributed by atoms with Crippen molar-refractivity contribution in [3.63, 3.8) is 0 Å². The maximum atomic E-state index is 14.0. The van der Waals surface area contributed by atoms with Gasteiger partial charge in [-0.3, -0.25) is 14.6 Å². The van der Waals surface area contributed by atoms with E-state index in [1.165, 1.54) is 4.90 Å². The van der Waals surface area contributed by atoms with Crippen molar-refractivity contribution in [2.24, 2.45) is 16.6 Å². The lowest BCUT2D eigenvalue weighted by Gasteiger charge is -2.33. The third kappa shape index (κ3) is 8.52. The maximum Gasteiger partial charge on any atom is 0.270 e. The summed E-state index contributed by atoms with van der Waals surface area (Å²) in [5, 5.41) is 10.3. The van der Waals surface area contributed by atoms with E-state index in [1.807, 2.05) is 24.3 Å². The van der Waals surface area contributed by atoms with Gasteiger partial charge in [0.05, 0.1) is 25.3 Å². The van der Waals surface area contributed by atoms with Crippen molar-refractivity contribution in [1.29, 1.82) is 0 Å². The molecule has 3 aliphatic rings. The Labute approximate surface area is 235 Å². The highest BCUT2D eigenvalue weighted by Crippen LogP contribution is 2.30. The molecule has 214 valence electrons. The van der Waals surface area contributed by atoms with Gasteiger partial charge in [-0.25, -0.2) is 4.39 Å². The van der Waals surface area contributed by atoms with E-state index in [1.54, 1.807) is 0 Å². The Morgan fingerprint density at radius 2 is 1.95 bits per heavy atom. The number of carbonyl (C=O) groups excluding carboxylic acids is 2. The summed E-state index contributed by atoms with van der Waals surface area (Å²) in [6, 6.07) is 7.51. The Morgan fingerprint density at radius 1 is 1.13 bits per heavy atom. The number of nitrogens with two attached hydrogens (primary N) is 1.